The van der Waals surface area contributed by atoms with Crippen LogP contribution in [0, 0.1) is 0 Å². The van der Waals surface area contributed by atoms with Crippen LogP contribution in [0.15, 0.2) is 41.5 Å². The van der Waals surface area contributed by atoms with Crippen LogP contribution in [0.5, 0.6) is 0 Å². The van der Waals surface area contributed by atoms with Gasteiger partial charge in [0.25, 0.3) is 11.5 Å². The maximum Gasteiger partial charge on any atom is 0.263 e. The highest BCUT2D eigenvalue weighted by atomic mass is 16.2. The van der Waals surface area contributed by atoms with Crippen molar-refractivity contribution < 1.29 is 4.79 Å². The van der Waals surface area contributed by atoms with Crippen molar-refractivity contribution in [2.24, 2.45) is 7.05 Å². The van der Waals surface area contributed by atoms with E-state index in [-0.39, 0.29) is 11.1 Å². The Hall–Kier alpha value is -2.63. The summed E-state index contributed by atoms with van der Waals surface area (Å²) in [6.45, 7) is 0. The number of aryl methyl sites for hydroxylation is 1. The number of carbonyl (C=O) groups excluding carboxylic acids is 1. The van der Waals surface area contributed by atoms with Gasteiger partial charge in [-0.05, 0) is 18.2 Å². The second-order valence-corrected chi connectivity index (χ2v) is 4.59. The van der Waals surface area contributed by atoms with Crippen LogP contribution < -0.4 is 15.8 Å². The molecule has 0 radical (unpaired) electrons. The number of nitrogens with zero attached hydrogens (tertiary/aromatic N) is 3. The van der Waals surface area contributed by atoms with E-state index in [1.165, 1.54) is 10.6 Å². The average molecular weight is 272 g/mol. The van der Waals surface area contributed by atoms with E-state index >= 15 is 0 Å². The van der Waals surface area contributed by atoms with Crippen LogP contribution in [0.3, 0.4) is 0 Å². The lowest BCUT2D eigenvalue weighted by molar-refractivity contribution is 0.102. The highest BCUT2D eigenvalue weighted by Crippen LogP contribution is 2.14. The summed E-state index contributed by atoms with van der Waals surface area (Å²) in [6.07, 6.45) is 3.21. The van der Waals surface area contributed by atoms with Gasteiger partial charge in [0.05, 0.1) is 0 Å². The molecule has 0 spiro atoms. The molecule has 0 atom stereocenters. The SMILES string of the molecule is CN(C)c1cc(NC(=O)c2cccn(C)c2=O)ccn1. The first-order valence-electron chi connectivity index (χ1n) is 6.09. The van der Waals surface area contributed by atoms with Gasteiger partial charge >= 0.3 is 0 Å². The van der Waals surface area contributed by atoms with E-state index in [1.807, 2.05) is 19.0 Å². The van der Waals surface area contributed by atoms with Gasteiger partial charge < -0.3 is 14.8 Å². The minimum absolute atomic E-state index is 0.109. The van der Waals surface area contributed by atoms with E-state index in [2.05, 4.69) is 10.3 Å². The molecule has 0 aliphatic carbocycles. The number of aromatic nitrogens is 2. The molecule has 20 heavy (non-hydrogen) atoms. The summed E-state index contributed by atoms with van der Waals surface area (Å²) in [5.41, 5.74) is 0.379. The minimum atomic E-state index is -0.429. The van der Waals surface area contributed by atoms with E-state index in [0.29, 0.717) is 5.69 Å². The predicted molar refractivity (Wildman–Crippen MR) is 78.2 cm³/mol. The molecule has 104 valence electrons. The van der Waals surface area contributed by atoms with Gasteiger partial charge in [-0.2, -0.15) is 0 Å². The smallest absolute Gasteiger partial charge is 0.263 e. The third-order valence-corrected chi connectivity index (χ3v) is 2.83. The van der Waals surface area contributed by atoms with Crippen LogP contribution in [0.2, 0.25) is 0 Å². The Labute approximate surface area is 116 Å². The number of rotatable bonds is 3. The zero-order chi connectivity index (χ0) is 14.7. The number of hydrogen-bond donors (Lipinski definition) is 1. The van der Waals surface area contributed by atoms with Crippen LogP contribution in [0.25, 0.3) is 0 Å². The molecule has 0 fully saturated rings. The number of amides is 1. The number of anilines is 2. The first-order valence-corrected chi connectivity index (χ1v) is 6.09. The zero-order valence-corrected chi connectivity index (χ0v) is 11.6. The normalized spacial score (nSPS) is 10.2. The highest BCUT2D eigenvalue weighted by Gasteiger charge is 2.11. The molecular weight excluding hydrogens is 256 g/mol. The molecule has 0 aliphatic rings. The van der Waals surface area contributed by atoms with E-state index in [9.17, 15) is 9.59 Å². The molecule has 1 amide bonds. The van der Waals surface area contributed by atoms with Crippen LogP contribution in [-0.2, 0) is 7.05 Å². The largest absolute Gasteiger partial charge is 0.363 e. The molecule has 0 unspecified atom stereocenters. The maximum absolute atomic E-state index is 12.1. The van der Waals surface area contributed by atoms with Crippen molar-refractivity contribution in [3.63, 3.8) is 0 Å². The van der Waals surface area contributed by atoms with Crippen molar-refractivity contribution in [1.82, 2.24) is 9.55 Å². The Morgan fingerprint density at radius 3 is 2.80 bits per heavy atom. The summed E-state index contributed by atoms with van der Waals surface area (Å²) in [6, 6.07) is 6.59. The van der Waals surface area contributed by atoms with Gasteiger partial charge in [0, 0.05) is 45.3 Å². The van der Waals surface area contributed by atoms with E-state index in [4.69, 9.17) is 0 Å². The molecule has 6 nitrogen and oxygen atoms in total. The van der Waals surface area contributed by atoms with Crippen LogP contribution in [0.1, 0.15) is 10.4 Å². The maximum atomic E-state index is 12.1. The molecule has 2 rings (SSSR count). The summed E-state index contributed by atoms with van der Waals surface area (Å²) >= 11 is 0. The summed E-state index contributed by atoms with van der Waals surface area (Å²) in [5.74, 6) is 0.297. The van der Waals surface area contributed by atoms with Crippen molar-refractivity contribution in [3.05, 3.63) is 52.6 Å². The van der Waals surface area contributed by atoms with Gasteiger partial charge in [-0.3, -0.25) is 9.59 Å². The number of hydrogen-bond acceptors (Lipinski definition) is 4. The molecular formula is C14H16N4O2. The number of pyridine rings is 2. The van der Waals surface area contributed by atoms with Gasteiger partial charge in [-0.15, -0.1) is 0 Å². The molecule has 0 saturated carbocycles. The van der Waals surface area contributed by atoms with E-state index in [1.54, 1.807) is 37.6 Å². The molecule has 2 aromatic rings. The van der Waals surface area contributed by atoms with Gasteiger partial charge in [-0.1, -0.05) is 0 Å². The average Bonchev–Trinajstić information content (AvgIpc) is 2.42. The summed E-state index contributed by atoms with van der Waals surface area (Å²) in [5, 5.41) is 2.70. The van der Waals surface area contributed by atoms with Crippen LogP contribution >= 0.6 is 0 Å². The van der Waals surface area contributed by atoms with Crippen molar-refractivity contribution in [2.75, 3.05) is 24.3 Å². The second kappa shape index (κ2) is 5.56. The van der Waals surface area contributed by atoms with Crippen LogP contribution in [-0.4, -0.2) is 29.6 Å². The quantitative estimate of drug-likeness (QED) is 0.908. The fraction of sp³-hybridized carbons (Fsp3) is 0.214. The predicted octanol–water partition coefficient (Wildman–Crippen LogP) is 1.10. The van der Waals surface area contributed by atoms with E-state index in [0.717, 1.165) is 5.82 Å². The third kappa shape index (κ3) is 2.85. The van der Waals surface area contributed by atoms with Gasteiger partial charge in [0.15, 0.2) is 0 Å². The summed E-state index contributed by atoms with van der Waals surface area (Å²) < 4.78 is 1.37. The Balaban J connectivity index is 2.26. The molecule has 0 bridgehead atoms. The van der Waals surface area contributed by atoms with Gasteiger partial charge in [-0.25, -0.2) is 4.98 Å². The Kier molecular flexibility index (Phi) is 3.84. The standard InChI is InChI=1S/C14H16N4O2/c1-17(2)12-9-10(6-7-15-12)16-13(19)11-5-4-8-18(3)14(11)20/h4-9H,1-3H3,(H,15,16,19). The topological polar surface area (TPSA) is 67.2 Å². The Morgan fingerprint density at radius 1 is 1.35 bits per heavy atom. The third-order valence-electron chi connectivity index (χ3n) is 2.83. The van der Waals surface area contributed by atoms with Crippen molar-refractivity contribution in [3.8, 4) is 0 Å². The Bertz CT molecular complexity index is 692. The summed E-state index contributed by atoms with van der Waals surface area (Å²) in [4.78, 5) is 30.0. The first-order chi connectivity index (χ1) is 9.49. The van der Waals surface area contributed by atoms with Crippen LogP contribution in [0.4, 0.5) is 11.5 Å². The molecule has 0 saturated heterocycles. The zero-order valence-electron chi connectivity index (χ0n) is 11.6. The number of carbonyl (C=O) groups is 1. The first kappa shape index (κ1) is 13.8. The lowest BCUT2D eigenvalue weighted by Gasteiger charge is -2.12. The monoisotopic (exact) mass is 272 g/mol. The molecule has 2 aromatic heterocycles. The molecule has 1 N–H and O–H groups in total. The highest BCUT2D eigenvalue weighted by molar-refractivity contribution is 6.04. The fourth-order valence-corrected chi connectivity index (χ4v) is 1.71. The van der Waals surface area contributed by atoms with Crippen molar-refractivity contribution >= 4 is 17.4 Å². The minimum Gasteiger partial charge on any atom is -0.363 e. The number of nitrogens with one attached hydrogen (secondary N) is 1. The lowest BCUT2D eigenvalue weighted by atomic mass is 10.2. The van der Waals surface area contributed by atoms with Crippen molar-refractivity contribution in [1.29, 1.82) is 0 Å². The molecule has 0 aromatic carbocycles. The van der Waals surface area contributed by atoms with Gasteiger partial charge in [0.2, 0.25) is 0 Å². The fourth-order valence-electron chi connectivity index (χ4n) is 1.71. The molecule has 6 heteroatoms. The summed E-state index contributed by atoms with van der Waals surface area (Å²) in [7, 11) is 5.33. The lowest BCUT2D eigenvalue weighted by Crippen LogP contribution is -2.27. The molecule has 0 aliphatic heterocycles. The molecule has 2 heterocycles. The van der Waals surface area contributed by atoms with Crippen molar-refractivity contribution in [2.45, 2.75) is 0 Å². The van der Waals surface area contributed by atoms with E-state index < -0.39 is 5.91 Å². The Morgan fingerprint density at radius 2 is 2.10 bits per heavy atom. The second-order valence-electron chi connectivity index (χ2n) is 4.59. The van der Waals surface area contributed by atoms with Gasteiger partial charge in [0.1, 0.15) is 11.4 Å².